The van der Waals surface area contributed by atoms with Crippen LogP contribution < -0.4 is 4.90 Å². The molecule has 268 valence electrons. The molecular weight excluding hydrogens is 695 g/mol. The second kappa shape index (κ2) is 13.6. The van der Waals surface area contributed by atoms with Gasteiger partial charge in [-0.05, 0) is 87.1 Å². The molecule has 0 amide bonds. The van der Waals surface area contributed by atoms with Gasteiger partial charge in [0.1, 0.15) is 16.9 Å². The van der Waals surface area contributed by atoms with Gasteiger partial charge < -0.3 is 13.7 Å². The third-order valence-corrected chi connectivity index (χ3v) is 11.1. The van der Waals surface area contributed by atoms with E-state index in [-0.39, 0.29) is 0 Å². The lowest BCUT2D eigenvalue weighted by Crippen LogP contribution is -2.10. The average Bonchev–Trinajstić information content (AvgIpc) is 3.89. The second-order valence-corrected chi connectivity index (χ2v) is 14.5. The summed E-state index contributed by atoms with van der Waals surface area (Å²) in [4.78, 5) is 2.32. The third-order valence-electron chi connectivity index (χ3n) is 11.1. The third kappa shape index (κ3) is 5.76. The van der Waals surface area contributed by atoms with E-state index < -0.39 is 0 Å². The summed E-state index contributed by atoms with van der Waals surface area (Å²) in [5.74, 6) is 0.859. The number of benzene rings is 9. The van der Waals surface area contributed by atoms with Crippen molar-refractivity contribution in [1.82, 2.24) is 0 Å². The van der Waals surface area contributed by atoms with Crippen LogP contribution in [0.2, 0.25) is 0 Å². The first kappa shape index (κ1) is 32.8. The topological polar surface area (TPSA) is 29.5 Å². The van der Waals surface area contributed by atoms with Crippen LogP contribution in [0.3, 0.4) is 0 Å². The van der Waals surface area contributed by atoms with Gasteiger partial charge in [0, 0.05) is 38.7 Å². The van der Waals surface area contributed by atoms with Crippen molar-refractivity contribution in [3.63, 3.8) is 0 Å². The molecule has 0 radical (unpaired) electrons. The number of anilines is 3. The van der Waals surface area contributed by atoms with E-state index in [4.69, 9.17) is 8.83 Å². The normalized spacial score (nSPS) is 11.5. The van der Waals surface area contributed by atoms with Crippen molar-refractivity contribution in [2.24, 2.45) is 0 Å². The molecule has 0 spiro atoms. The fourth-order valence-corrected chi connectivity index (χ4v) is 8.30. The highest BCUT2D eigenvalue weighted by Crippen LogP contribution is 2.47. The van der Waals surface area contributed by atoms with Crippen LogP contribution in [0.25, 0.3) is 88.4 Å². The summed E-state index contributed by atoms with van der Waals surface area (Å²) in [6.07, 6.45) is 0. The maximum absolute atomic E-state index is 7.03. The van der Waals surface area contributed by atoms with Crippen LogP contribution in [0.1, 0.15) is 0 Å². The minimum atomic E-state index is 0.835. The molecule has 2 heterocycles. The van der Waals surface area contributed by atoms with Gasteiger partial charge in [-0.15, -0.1) is 0 Å². The molecule has 0 aliphatic carbocycles. The first-order chi connectivity index (χ1) is 28.2. The van der Waals surface area contributed by atoms with Crippen LogP contribution in [0.5, 0.6) is 0 Å². The highest BCUT2D eigenvalue weighted by Gasteiger charge is 2.23. The molecule has 3 nitrogen and oxygen atoms in total. The Morgan fingerprint density at radius 3 is 1.51 bits per heavy atom. The van der Waals surface area contributed by atoms with Gasteiger partial charge in [0.15, 0.2) is 5.58 Å². The average molecular weight is 730 g/mol. The SMILES string of the molecule is c1ccc(-c2ccc(N(c3ccc(-c4ccccc4)cc3)c3cccc4c3oc3cc5ccccc5c(-c5ccc(-c6cc7ccccc7o6)cc5)c34)cc2)cc1. The lowest BCUT2D eigenvalue weighted by atomic mass is 9.92. The minimum Gasteiger partial charge on any atom is -0.456 e. The van der Waals surface area contributed by atoms with Crippen LogP contribution in [-0.2, 0) is 0 Å². The highest BCUT2D eigenvalue weighted by molar-refractivity contribution is 6.22. The second-order valence-electron chi connectivity index (χ2n) is 14.5. The number of fused-ring (bicyclic) bond motifs is 5. The van der Waals surface area contributed by atoms with Gasteiger partial charge >= 0.3 is 0 Å². The summed E-state index contributed by atoms with van der Waals surface area (Å²) in [5, 5.41) is 5.57. The molecule has 0 bridgehead atoms. The lowest BCUT2D eigenvalue weighted by molar-refractivity contribution is 0.631. The summed E-state index contributed by atoms with van der Waals surface area (Å²) in [6, 6.07) is 75.0. The van der Waals surface area contributed by atoms with Crippen LogP contribution in [0.4, 0.5) is 17.1 Å². The molecule has 11 rings (SSSR count). The van der Waals surface area contributed by atoms with Gasteiger partial charge in [0.2, 0.25) is 0 Å². The van der Waals surface area contributed by atoms with E-state index in [1.807, 2.05) is 18.2 Å². The van der Waals surface area contributed by atoms with Crippen molar-refractivity contribution in [3.05, 3.63) is 212 Å². The molecule has 11 aromatic rings. The predicted octanol–water partition coefficient (Wildman–Crippen LogP) is 15.6. The number of rotatable bonds is 7. The molecule has 3 heteroatoms. The van der Waals surface area contributed by atoms with Gasteiger partial charge in [-0.1, -0.05) is 164 Å². The zero-order valence-electron chi connectivity index (χ0n) is 31.0. The number of para-hydroxylation sites is 2. The van der Waals surface area contributed by atoms with Crippen molar-refractivity contribution >= 4 is 60.7 Å². The quantitative estimate of drug-likeness (QED) is 0.164. The zero-order chi connectivity index (χ0) is 37.7. The van der Waals surface area contributed by atoms with Crippen molar-refractivity contribution in [3.8, 4) is 44.7 Å². The minimum absolute atomic E-state index is 0.835. The Kier molecular flexibility index (Phi) is 7.82. The molecule has 0 unspecified atom stereocenters. The van der Waals surface area contributed by atoms with Gasteiger partial charge in [0.25, 0.3) is 0 Å². The fraction of sp³-hybridized carbons (Fsp3) is 0. The highest BCUT2D eigenvalue weighted by atomic mass is 16.3. The molecule has 0 fully saturated rings. The van der Waals surface area contributed by atoms with E-state index in [0.29, 0.717) is 0 Å². The van der Waals surface area contributed by atoms with E-state index >= 15 is 0 Å². The Bertz CT molecular complexity index is 3080. The Balaban J connectivity index is 1.09. The van der Waals surface area contributed by atoms with Gasteiger partial charge in [-0.2, -0.15) is 0 Å². The molecule has 2 aromatic heterocycles. The number of hydrogen-bond acceptors (Lipinski definition) is 3. The fourth-order valence-electron chi connectivity index (χ4n) is 8.30. The summed E-state index contributed by atoms with van der Waals surface area (Å²) < 4.78 is 13.3. The first-order valence-corrected chi connectivity index (χ1v) is 19.3. The summed E-state index contributed by atoms with van der Waals surface area (Å²) in [7, 11) is 0. The Morgan fingerprint density at radius 2 is 0.860 bits per heavy atom. The maximum Gasteiger partial charge on any atom is 0.159 e. The summed E-state index contributed by atoms with van der Waals surface area (Å²) in [6.45, 7) is 0. The summed E-state index contributed by atoms with van der Waals surface area (Å²) >= 11 is 0. The van der Waals surface area contributed by atoms with Crippen molar-refractivity contribution < 1.29 is 8.83 Å². The van der Waals surface area contributed by atoms with E-state index in [0.717, 1.165) is 77.8 Å². The number of furan rings is 2. The van der Waals surface area contributed by atoms with Crippen LogP contribution >= 0.6 is 0 Å². The first-order valence-electron chi connectivity index (χ1n) is 19.3. The van der Waals surface area contributed by atoms with Gasteiger partial charge in [-0.3, -0.25) is 0 Å². The molecule has 0 aliphatic heterocycles. The van der Waals surface area contributed by atoms with E-state index in [2.05, 4.69) is 199 Å². The van der Waals surface area contributed by atoms with Crippen molar-refractivity contribution in [1.29, 1.82) is 0 Å². The molecule has 57 heavy (non-hydrogen) atoms. The van der Waals surface area contributed by atoms with E-state index in [1.54, 1.807) is 0 Å². The van der Waals surface area contributed by atoms with Crippen molar-refractivity contribution in [2.75, 3.05) is 4.90 Å². The van der Waals surface area contributed by atoms with Gasteiger partial charge in [-0.25, -0.2) is 0 Å². The van der Waals surface area contributed by atoms with Crippen LogP contribution in [0.15, 0.2) is 221 Å². The molecule has 0 atom stereocenters. The molecule has 9 aromatic carbocycles. The van der Waals surface area contributed by atoms with Crippen LogP contribution in [0, 0.1) is 0 Å². The summed E-state index contributed by atoms with van der Waals surface area (Å²) in [5.41, 5.74) is 13.7. The van der Waals surface area contributed by atoms with E-state index in [1.165, 1.54) is 27.6 Å². The predicted molar refractivity (Wildman–Crippen MR) is 237 cm³/mol. The molecule has 0 saturated carbocycles. The Labute approximate surface area is 330 Å². The number of hydrogen-bond donors (Lipinski definition) is 0. The largest absolute Gasteiger partial charge is 0.456 e. The zero-order valence-corrected chi connectivity index (χ0v) is 31.0. The van der Waals surface area contributed by atoms with Crippen molar-refractivity contribution in [2.45, 2.75) is 0 Å². The Morgan fingerprint density at radius 1 is 0.333 bits per heavy atom. The monoisotopic (exact) mass is 729 g/mol. The standard InChI is InChI=1S/C54H35NO2/c1-3-12-36(13-4-1)38-26-30-44(31-27-38)55(45-32-28-39(29-33-45)37-14-5-2-6-15-37)48-20-11-19-47-53-51(57-54(47)48)34-42-16-7-9-18-46(42)52(53)41-24-22-40(23-25-41)50-35-43-17-8-10-21-49(43)56-50/h1-35H. The smallest absolute Gasteiger partial charge is 0.159 e. The van der Waals surface area contributed by atoms with Gasteiger partial charge in [0.05, 0.1) is 5.69 Å². The number of nitrogens with zero attached hydrogens (tertiary/aromatic N) is 1. The lowest BCUT2D eigenvalue weighted by Gasteiger charge is -2.26. The van der Waals surface area contributed by atoms with Crippen LogP contribution in [-0.4, -0.2) is 0 Å². The van der Waals surface area contributed by atoms with E-state index in [9.17, 15) is 0 Å². The Hall–Kier alpha value is -7.62. The molecular formula is C54H35NO2. The molecule has 0 aliphatic rings. The maximum atomic E-state index is 7.03. The molecule has 0 saturated heterocycles. The molecule has 0 N–H and O–H groups in total.